The summed E-state index contributed by atoms with van der Waals surface area (Å²) in [7, 11) is 0. The Morgan fingerprint density at radius 2 is 1.73 bits per heavy atom. The molecule has 5 heteroatoms. The number of nitrogens with one attached hydrogen (secondary N) is 1. The molecule has 0 fully saturated rings. The van der Waals surface area contributed by atoms with Gasteiger partial charge in [-0.15, -0.1) is 0 Å². The largest absolute Gasteiger partial charge is 0.507 e. The first-order chi connectivity index (χ1) is 14.0. The Kier molecular flexibility index (Phi) is 7.65. The van der Waals surface area contributed by atoms with E-state index in [-0.39, 0.29) is 29.6 Å². The second kappa shape index (κ2) is 9.79. The topological polar surface area (TPSA) is 75.6 Å². The molecular weight excluding hydrogens is 378 g/mol. The molecule has 5 nitrogen and oxygen atoms in total. The van der Waals surface area contributed by atoms with Crippen LogP contribution in [0.15, 0.2) is 36.4 Å². The van der Waals surface area contributed by atoms with Crippen LogP contribution in [0.4, 0.5) is 5.69 Å². The summed E-state index contributed by atoms with van der Waals surface area (Å²) in [6.07, 6.45) is 0.934. The standard InChI is InChI=1S/C25H33NO4/c1-16(2)21-13-18(14-22(24(21)29)25(4,5)6)7-12-23(28)26-19-8-10-20(11-9-19)30-15-17(3)27/h8-11,13-14,16,29H,7,12,15H2,1-6H3,(H,26,28). The molecule has 0 bridgehead atoms. The van der Waals surface area contributed by atoms with Gasteiger partial charge in [0.05, 0.1) is 0 Å². The molecule has 0 aliphatic heterocycles. The van der Waals surface area contributed by atoms with Gasteiger partial charge in [0.15, 0.2) is 5.78 Å². The van der Waals surface area contributed by atoms with Crippen molar-refractivity contribution in [2.24, 2.45) is 0 Å². The summed E-state index contributed by atoms with van der Waals surface area (Å²) in [6, 6.07) is 11.0. The number of Topliss-reactive ketones (excluding diaryl/α,β-unsaturated/α-hetero) is 1. The molecule has 0 saturated heterocycles. The Bertz CT molecular complexity index is 893. The van der Waals surface area contributed by atoms with Gasteiger partial charge in [-0.1, -0.05) is 46.8 Å². The molecule has 0 aliphatic carbocycles. The van der Waals surface area contributed by atoms with Crippen LogP contribution in [0.25, 0.3) is 0 Å². The minimum absolute atomic E-state index is 0.0350. The third-order valence-corrected chi connectivity index (χ3v) is 4.85. The van der Waals surface area contributed by atoms with E-state index >= 15 is 0 Å². The maximum Gasteiger partial charge on any atom is 0.224 e. The minimum atomic E-state index is -0.182. The number of hydrogen-bond donors (Lipinski definition) is 2. The first-order valence-corrected chi connectivity index (χ1v) is 10.4. The van der Waals surface area contributed by atoms with Gasteiger partial charge in [-0.05, 0) is 65.6 Å². The van der Waals surface area contributed by atoms with Crippen LogP contribution in [-0.4, -0.2) is 23.4 Å². The maximum absolute atomic E-state index is 12.4. The number of ether oxygens (including phenoxy) is 1. The molecule has 0 spiro atoms. The van der Waals surface area contributed by atoms with E-state index in [1.807, 2.05) is 12.1 Å². The summed E-state index contributed by atoms with van der Waals surface area (Å²) in [5, 5.41) is 13.6. The number of rotatable bonds is 8. The molecule has 0 aromatic heterocycles. The number of hydrogen-bond acceptors (Lipinski definition) is 4. The SMILES string of the molecule is CC(=O)COc1ccc(NC(=O)CCc2cc(C(C)C)c(O)c(C(C)(C)C)c2)cc1. The molecule has 162 valence electrons. The number of phenols is 1. The number of carbonyl (C=O) groups excluding carboxylic acids is 2. The Morgan fingerprint density at radius 1 is 1.10 bits per heavy atom. The lowest BCUT2D eigenvalue weighted by atomic mass is 9.82. The zero-order chi connectivity index (χ0) is 22.5. The van der Waals surface area contributed by atoms with Crippen LogP contribution < -0.4 is 10.1 Å². The van der Waals surface area contributed by atoms with Crippen molar-refractivity contribution < 1.29 is 19.4 Å². The van der Waals surface area contributed by atoms with Gasteiger partial charge in [0.25, 0.3) is 0 Å². The predicted molar refractivity (Wildman–Crippen MR) is 120 cm³/mol. The van der Waals surface area contributed by atoms with Crippen molar-refractivity contribution in [2.45, 2.75) is 65.7 Å². The van der Waals surface area contributed by atoms with Crippen molar-refractivity contribution in [3.63, 3.8) is 0 Å². The molecule has 0 saturated carbocycles. The van der Waals surface area contributed by atoms with E-state index in [9.17, 15) is 14.7 Å². The lowest BCUT2D eigenvalue weighted by Gasteiger charge is -2.24. The zero-order valence-electron chi connectivity index (χ0n) is 18.8. The lowest BCUT2D eigenvalue weighted by Crippen LogP contribution is -2.15. The van der Waals surface area contributed by atoms with Crippen molar-refractivity contribution in [1.82, 2.24) is 0 Å². The second-order valence-electron chi connectivity index (χ2n) is 9.05. The lowest BCUT2D eigenvalue weighted by molar-refractivity contribution is -0.119. The molecule has 2 N–H and O–H groups in total. The third kappa shape index (κ3) is 6.61. The van der Waals surface area contributed by atoms with Crippen LogP contribution in [0.2, 0.25) is 0 Å². The quantitative estimate of drug-likeness (QED) is 0.614. The van der Waals surface area contributed by atoms with Gasteiger partial charge in [0, 0.05) is 12.1 Å². The van der Waals surface area contributed by atoms with Crippen molar-refractivity contribution >= 4 is 17.4 Å². The molecule has 0 radical (unpaired) electrons. The summed E-state index contributed by atoms with van der Waals surface area (Å²) in [4.78, 5) is 23.4. The number of phenolic OH excluding ortho intramolecular Hbond substituents is 1. The van der Waals surface area contributed by atoms with Crippen molar-refractivity contribution in [3.8, 4) is 11.5 Å². The van der Waals surface area contributed by atoms with Gasteiger partial charge in [-0.25, -0.2) is 0 Å². The van der Waals surface area contributed by atoms with Crippen LogP contribution in [0, 0.1) is 0 Å². The summed E-state index contributed by atoms with van der Waals surface area (Å²) in [5.41, 5.74) is 3.37. The van der Waals surface area contributed by atoms with E-state index in [0.717, 1.165) is 16.7 Å². The zero-order valence-corrected chi connectivity index (χ0v) is 18.8. The number of anilines is 1. The molecule has 0 unspecified atom stereocenters. The molecule has 2 aromatic carbocycles. The number of benzene rings is 2. The van der Waals surface area contributed by atoms with Gasteiger partial charge in [-0.3, -0.25) is 9.59 Å². The average Bonchev–Trinajstić information content (AvgIpc) is 2.65. The fraction of sp³-hybridized carbons (Fsp3) is 0.440. The average molecular weight is 412 g/mol. The Labute approximate surface area is 179 Å². The maximum atomic E-state index is 12.4. The predicted octanol–water partition coefficient (Wildman–Crippen LogP) is 5.35. The van der Waals surface area contributed by atoms with E-state index in [1.165, 1.54) is 6.92 Å². The Hall–Kier alpha value is -2.82. The van der Waals surface area contributed by atoms with E-state index in [2.05, 4.69) is 39.9 Å². The smallest absolute Gasteiger partial charge is 0.224 e. The van der Waals surface area contributed by atoms with Gasteiger partial charge >= 0.3 is 0 Å². The van der Waals surface area contributed by atoms with Gasteiger partial charge in [-0.2, -0.15) is 0 Å². The summed E-state index contributed by atoms with van der Waals surface area (Å²) in [6.45, 7) is 11.8. The molecule has 0 heterocycles. The fourth-order valence-electron chi connectivity index (χ4n) is 3.18. The van der Waals surface area contributed by atoms with E-state index in [4.69, 9.17) is 4.74 Å². The van der Waals surface area contributed by atoms with Crippen LogP contribution >= 0.6 is 0 Å². The van der Waals surface area contributed by atoms with E-state index < -0.39 is 0 Å². The molecule has 0 atom stereocenters. The second-order valence-corrected chi connectivity index (χ2v) is 9.05. The molecule has 0 aliphatic rings. The highest BCUT2D eigenvalue weighted by Crippen LogP contribution is 2.37. The summed E-state index contributed by atoms with van der Waals surface area (Å²) < 4.78 is 5.33. The van der Waals surface area contributed by atoms with Crippen molar-refractivity contribution in [3.05, 3.63) is 53.1 Å². The number of aryl methyl sites for hydroxylation is 1. The van der Waals surface area contributed by atoms with Gasteiger partial charge < -0.3 is 15.2 Å². The van der Waals surface area contributed by atoms with Gasteiger partial charge in [0.1, 0.15) is 18.1 Å². The summed E-state index contributed by atoms with van der Waals surface area (Å²) in [5.74, 6) is 1.02. The highest BCUT2D eigenvalue weighted by molar-refractivity contribution is 5.90. The minimum Gasteiger partial charge on any atom is -0.507 e. The van der Waals surface area contributed by atoms with Crippen molar-refractivity contribution in [2.75, 3.05) is 11.9 Å². The molecule has 2 aromatic rings. The number of amides is 1. The number of aromatic hydroxyl groups is 1. The van der Waals surface area contributed by atoms with Crippen LogP contribution in [-0.2, 0) is 21.4 Å². The van der Waals surface area contributed by atoms with Crippen LogP contribution in [0.3, 0.4) is 0 Å². The van der Waals surface area contributed by atoms with Crippen LogP contribution in [0.1, 0.15) is 70.6 Å². The molecule has 1 amide bonds. The third-order valence-electron chi connectivity index (χ3n) is 4.85. The van der Waals surface area contributed by atoms with Crippen molar-refractivity contribution in [1.29, 1.82) is 0 Å². The van der Waals surface area contributed by atoms with E-state index in [0.29, 0.717) is 30.0 Å². The number of ketones is 1. The first-order valence-electron chi connectivity index (χ1n) is 10.4. The molecule has 30 heavy (non-hydrogen) atoms. The molecular formula is C25H33NO4. The van der Waals surface area contributed by atoms with Crippen LogP contribution in [0.5, 0.6) is 11.5 Å². The normalized spacial score (nSPS) is 11.4. The van der Waals surface area contributed by atoms with E-state index in [1.54, 1.807) is 24.3 Å². The number of carbonyl (C=O) groups is 2. The highest BCUT2D eigenvalue weighted by Gasteiger charge is 2.22. The molecule has 2 rings (SSSR count). The Morgan fingerprint density at radius 3 is 2.27 bits per heavy atom. The highest BCUT2D eigenvalue weighted by atomic mass is 16.5. The summed E-state index contributed by atoms with van der Waals surface area (Å²) >= 11 is 0. The Balaban J connectivity index is 2.03. The van der Waals surface area contributed by atoms with Gasteiger partial charge in [0.2, 0.25) is 5.91 Å². The monoisotopic (exact) mass is 411 g/mol. The fourth-order valence-corrected chi connectivity index (χ4v) is 3.18. The first kappa shape index (κ1) is 23.5.